The van der Waals surface area contributed by atoms with Crippen LogP contribution in [0.4, 0.5) is 0 Å². The third kappa shape index (κ3) is 9.52. The van der Waals surface area contributed by atoms with Gasteiger partial charge < -0.3 is 0 Å². The second kappa shape index (κ2) is 23.4. The van der Waals surface area contributed by atoms with Gasteiger partial charge in [0.2, 0.25) is 0 Å². The second-order valence-electron chi connectivity index (χ2n) is 0. The van der Waals surface area contributed by atoms with Crippen LogP contribution in [0.3, 0.4) is 0 Å². The van der Waals surface area contributed by atoms with Crippen molar-refractivity contribution in [2.45, 2.75) is 7.43 Å². The molecule has 0 aromatic heterocycles. The van der Waals surface area contributed by atoms with Crippen LogP contribution in [0.5, 0.6) is 0 Å². The molecule has 0 spiro atoms. The molecule has 0 aromatic rings. The van der Waals surface area contributed by atoms with Gasteiger partial charge in [-0.05, 0) is 11.0 Å². The predicted octanol–water partition coefficient (Wildman–Crippen LogP) is -3.18. The molecular formula is CH14AsSbSi. The van der Waals surface area contributed by atoms with Crippen LogP contribution in [-0.4, -0.2) is 53.3 Å². The van der Waals surface area contributed by atoms with E-state index in [0.717, 1.165) is 0 Å². The van der Waals surface area contributed by atoms with Crippen molar-refractivity contribution in [1.82, 2.24) is 0 Å². The summed E-state index contributed by atoms with van der Waals surface area (Å²) in [6.07, 6.45) is 0. The Bertz CT molecular complexity index is 8.00. The topological polar surface area (TPSA) is 0 Å². The van der Waals surface area contributed by atoms with Crippen molar-refractivity contribution >= 4 is 53.3 Å². The predicted molar refractivity (Wildman–Crippen MR) is 37.9 cm³/mol. The zero-order valence-electron chi connectivity index (χ0n) is 1.41. The summed E-state index contributed by atoms with van der Waals surface area (Å²) in [5.74, 6) is 0. The van der Waals surface area contributed by atoms with Crippen molar-refractivity contribution in [1.29, 1.82) is 0 Å². The summed E-state index contributed by atoms with van der Waals surface area (Å²) < 4.78 is 0. The van der Waals surface area contributed by atoms with E-state index >= 15 is 0 Å². The van der Waals surface area contributed by atoms with E-state index in [1.54, 1.807) is 0 Å². The van der Waals surface area contributed by atoms with Crippen LogP contribution in [0.2, 0.25) is 0 Å². The Morgan fingerprint density at radius 1 is 1.00 bits per heavy atom. The molecule has 0 rings (SSSR count). The first kappa shape index (κ1) is 46.5. The maximum atomic E-state index is 0. The Hall–Kier alpha value is 1.59. The average Bonchev–Trinajstić information content (AvgIpc) is 0. The van der Waals surface area contributed by atoms with Gasteiger partial charge in [-0.1, -0.05) is 7.43 Å². The molecule has 0 amide bonds. The van der Waals surface area contributed by atoms with Gasteiger partial charge in [0, 0.05) is 0 Å². The molecule has 0 saturated heterocycles. The van der Waals surface area contributed by atoms with Crippen LogP contribution in [0, 0.1) is 0 Å². The van der Waals surface area contributed by atoms with Gasteiger partial charge in [-0.25, -0.2) is 0 Å². The fourth-order valence-corrected chi connectivity index (χ4v) is 0. The van der Waals surface area contributed by atoms with E-state index in [9.17, 15) is 0 Å². The van der Waals surface area contributed by atoms with Crippen LogP contribution in [0.1, 0.15) is 7.43 Å². The Labute approximate surface area is 60.5 Å². The van der Waals surface area contributed by atoms with Crippen molar-refractivity contribution in [3.63, 3.8) is 0 Å². The zero-order valence-corrected chi connectivity index (χ0v) is 8.42. The third-order valence-corrected chi connectivity index (χ3v) is 0. The largest absolute Gasteiger partial charge is 0.0149 e. The first-order chi connectivity index (χ1) is 0. The summed E-state index contributed by atoms with van der Waals surface area (Å²) in [4.78, 5) is 0. The van der Waals surface area contributed by atoms with E-state index in [0.29, 0.717) is 0 Å². The van der Waals surface area contributed by atoms with E-state index in [1.165, 1.54) is 0 Å². The minimum Gasteiger partial charge on any atom is -0.0149 e. The van der Waals surface area contributed by atoms with Gasteiger partial charge in [0.25, 0.3) is 0 Å². The summed E-state index contributed by atoms with van der Waals surface area (Å²) in [5, 5.41) is 0. The third-order valence-electron chi connectivity index (χ3n) is 0. The molecule has 0 saturated carbocycles. The van der Waals surface area contributed by atoms with Crippen LogP contribution in [0.25, 0.3) is 0 Å². The molecule has 0 radical (unpaired) electrons. The molecule has 0 aliphatic rings. The van der Waals surface area contributed by atoms with Crippen molar-refractivity contribution in [2.75, 3.05) is 0 Å². The normalized spacial score (nSPS) is 0. The van der Waals surface area contributed by atoms with E-state index in [2.05, 4.69) is 0 Å². The summed E-state index contributed by atoms with van der Waals surface area (Å²) >= 11 is 0. The quantitative estimate of drug-likeness (QED) is 0.398. The van der Waals surface area contributed by atoms with Crippen molar-refractivity contribution in [2.24, 2.45) is 0 Å². The van der Waals surface area contributed by atoms with E-state index in [1.807, 2.05) is 0 Å². The maximum Gasteiger partial charge on any atom is -0.0149 e. The molecule has 0 bridgehead atoms. The van der Waals surface area contributed by atoms with Crippen molar-refractivity contribution < 1.29 is 0 Å². The van der Waals surface area contributed by atoms with Gasteiger partial charge in [0.1, 0.15) is 0 Å². The molecule has 0 N–H and O–H groups in total. The number of hydrogen-bond acceptors (Lipinski definition) is 0. The van der Waals surface area contributed by atoms with E-state index in [4.69, 9.17) is 0 Å². The molecule has 0 aliphatic carbocycles. The molecule has 1 atom stereocenters. The molecule has 3 heteroatoms. The van der Waals surface area contributed by atoms with E-state index < -0.39 is 0 Å². The van der Waals surface area contributed by atoms with Crippen molar-refractivity contribution in [3.8, 4) is 0 Å². The Balaban J connectivity index is 0. The van der Waals surface area contributed by atoms with Gasteiger partial charge in [-0.15, -0.1) is 0 Å². The Kier molecular flexibility index (Phi) is 271. The first-order valence-corrected chi connectivity index (χ1v) is 0. The summed E-state index contributed by atoms with van der Waals surface area (Å²) in [5.41, 5.74) is 0. The van der Waals surface area contributed by atoms with Gasteiger partial charge in [-0.2, -0.15) is 0 Å². The Morgan fingerprint density at radius 2 is 1.00 bits per heavy atom. The summed E-state index contributed by atoms with van der Waals surface area (Å²) in [6.45, 7) is 0. The minimum absolute atomic E-state index is 0. The molecule has 0 aromatic carbocycles. The monoisotopic (exact) mass is 250 g/mol. The van der Waals surface area contributed by atoms with E-state index in [-0.39, 0.29) is 60.8 Å². The van der Waals surface area contributed by atoms with Crippen LogP contribution in [-0.2, 0) is 0 Å². The number of hydrogen-bond donors (Lipinski definition) is 0. The fourth-order valence-electron chi connectivity index (χ4n) is 0. The van der Waals surface area contributed by atoms with Crippen LogP contribution in [0.15, 0.2) is 0 Å². The van der Waals surface area contributed by atoms with Gasteiger partial charge in [-0.3, -0.25) is 0 Å². The molecule has 0 aliphatic heterocycles. The molecule has 0 heterocycles. The minimum atomic E-state index is 0. The van der Waals surface area contributed by atoms with Gasteiger partial charge in [0.05, 0.1) is 0 Å². The fraction of sp³-hybridized carbons (Fsp3) is 1.00. The van der Waals surface area contributed by atoms with Crippen LogP contribution < -0.4 is 0 Å². The Morgan fingerprint density at radius 3 is 1.00 bits per heavy atom. The molecular weight excluding hydrogens is 237 g/mol. The number of rotatable bonds is 0. The summed E-state index contributed by atoms with van der Waals surface area (Å²) in [6, 6.07) is 0. The zero-order chi connectivity index (χ0) is 0. The standard InChI is InChI=1S/CH4.AsH3.Sb.H4Si.3H/h1H4;1H3;;1H4;;;. The molecule has 0 fully saturated rings. The smallest absolute Gasteiger partial charge is 0.0149 e. The van der Waals surface area contributed by atoms with Gasteiger partial charge in [0.15, 0.2) is 0 Å². The molecule has 1 unspecified atom stereocenters. The first-order valence-electron chi connectivity index (χ1n) is 0. The maximum absolute atomic E-state index is 0. The van der Waals surface area contributed by atoms with Crippen LogP contribution >= 0.6 is 0 Å². The summed E-state index contributed by atoms with van der Waals surface area (Å²) in [7, 11) is 0. The van der Waals surface area contributed by atoms with Gasteiger partial charge >= 0.3 is 42.4 Å². The van der Waals surface area contributed by atoms with Crippen molar-refractivity contribution in [3.05, 3.63) is 0 Å². The molecule has 32 valence electrons. The second-order valence-corrected chi connectivity index (χ2v) is 0. The SMILES string of the molecule is C.[AsH3].[SbH3].[SiH4]. The molecule has 4 heavy (non-hydrogen) atoms. The molecule has 0 nitrogen and oxygen atoms in total. The average molecular weight is 251 g/mol.